The van der Waals surface area contributed by atoms with E-state index in [0.29, 0.717) is 12.1 Å². The highest BCUT2D eigenvalue weighted by Gasteiger charge is 2.16. The van der Waals surface area contributed by atoms with E-state index in [1.54, 1.807) is 36.0 Å². The molecule has 1 aromatic rings. The van der Waals surface area contributed by atoms with E-state index >= 15 is 0 Å². The monoisotopic (exact) mass is 284 g/mol. The summed E-state index contributed by atoms with van der Waals surface area (Å²) in [4.78, 5) is 0.201. The number of thioether (sulfide) groups is 1. The highest BCUT2D eigenvalue weighted by atomic mass is 32.2. The van der Waals surface area contributed by atoms with Crippen LogP contribution >= 0.6 is 11.8 Å². The maximum atomic E-state index is 12.1. The number of sulfonamides is 1. The highest BCUT2D eigenvalue weighted by Crippen LogP contribution is 2.14. The van der Waals surface area contributed by atoms with Gasteiger partial charge >= 0.3 is 0 Å². The Morgan fingerprint density at radius 3 is 2.78 bits per heavy atom. The first kappa shape index (κ1) is 15.1. The first-order valence-corrected chi connectivity index (χ1v) is 8.26. The molecule has 18 heavy (non-hydrogen) atoms. The Labute approximate surface area is 112 Å². The van der Waals surface area contributed by atoms with Gasteiger partial charge in [0.05, 0.1) is 11.4 Å². The minimum atomic E-state index is -3.50. The van der Waals surface area contributed by atoms with Crippen LogP contribution < -0.4 is 10.5 Å². The smallest absolute Gasteiger partial charge is 0.241 e. The van der Waals surface area contributed by atoms with Gasteiger partial charge in [0.25, 0.3) is 0 Å². The molecule has 0 amide bonds. The molecule has 0 aliphatic carbocycles. The number of benzene rings is 1. The summed E-state index contributed by atoms with van der Waals surface area (Å²) in [6.45, 7) is 0.608. The van der Waals surface area contributed by atoms with Crippen LogP contribution in [0.4, 0.5) is 0 Å². The Morgan fingerprint density at radius 1 is 1.39 bits per heavy atom. The lowest BCUT2D eigenvalue weighted by Crippen LogP contribution is -2.26. The SMILES string of the molecule is CSCCNS(=O)(=O)c1ccccc1C#CCN. The zero-order valence-corrected chi connectivity index (χ0v) is 11.8. The van der Waals surface area contributed by atoms with E-state index in [1.165, 1.54) is 0 Å². The molecule has 98 valence electrons. The summed E-state index contributed by atoms with van der Waals surface area (Å²) < 4.78 is 26.7. The van der Waals surface area contributed by atoms with E-state index in [9.17, 15) is 8.42 Å². The third kappa shape index (κ3) is 4.35. The van der Waals surface area contributed by atoms with Crippen LogP contribution in [-0.2, 0) is 10.0 Å². The minimum Gasteiger partial charge on any atom is -0.320 e. The molecule has 6 heteroatoms. The molecule has 0 aromatic heterocycles. The lowest BCUT2D eigenvalue weighted by molar-refractivity contribution is 0.584. The average molecular weight is 284 g/mol. The Balaban J connectivity index is 3.01. The third-order valence-electron chi connectivity index (χ3n) is 2.10. The molecule has 0 heterocycles. The van der Waals surface area contributed by atoms with Gasteiger partial charge in [-0.1, -0.05) is 24.0 Å². The van der Waals surface area contributed by atoms with Crippen molar-refractivity contribution in [2.45, 2.75) is 4.90 Å². The van der Waals surface area contributed by atoms with Crippen LogP contribution in [0.15, 0.2) is 29.2 Å². The second kappa shape index (κ2) is 7.44. The first-order valence-electron chi connectivity index (χ1n) is 5.38. The molecule has 0 saturated heterocycles. The summed E-state index contributed by atoms with van der Waals surface area (Å²) >= 11 is 1.58. The molecular weight excluding hydrogens is 268 g/mol. The van der Waals surface area contributed by atoms with Gasteiger partial charge in [0, 0.05) is 17.9 Å². The quantitative estimate of drug-likeness (QED) is 0.615. The maximum Gasteiger partial charge on any atom is 0.241 e. The minimum absolute atomic E-state index is 0.201. The molecule has 0 aliphatic rings. The summed E-state index contributed by atoms with van der Waals surface area (Å²) in [5, 5.41) is 0. The molecule has 3 N–H and O–H groups in total. The normalized spacial score (nSPS) is 10.8. The Morgan fingerprint density at radius 2 is 2.11 bits per heavy atom. The van der Waals surface area contributed by atoms with Crippen LogP contribution in [-0.4, -0.2) is 33.5 Å². The van der Waals surface area contributed by atoms with Gasteiger partial charge < -0.3 is 5.73 Å². The van der Waals surface area contributed by atoms with Crippen molar-refractivity contribution in [2.75, 3.05) is 25.1 Å². The summed E-state index contributed by atoms with van der Waals surface area (Å²) in [7, 11) is -3.50. The Bertz CT molecular complexity index is 545. The summed E-state index contributed by atoms with van der Waals surface area (Å²) in [5.41, 5.74) is 5.76. The van der Waals surface area contributed by atoms with E-state index in [4.69, 9.17) is 5.73 Å². The van der Waals surface area contributed by atoms with Gasteiger partial charge in [0.2, 0.25) is 10.0 Å². The molecule has 0 saturated carbocycles. The Kier molecular flexibility index (Phi) is 6.22. The maximum absolute atomic E-state index is 12.1. The molecule has 0 fully saturated rings. The van der Waals surface area contributed by atoms with Gasteiger partial charge in [-0.25, -0.2) is 13.1 Å². The summed E-state index contributed by atoms with van der Waals surface area (Å²) in [6.07, 6.45) is 1.93. The summed E-state index contributed by atoms with van der Waals surface area (Å²) in [6, 6.07) is 6.64. The van der Waals surface area contributed by atoms with Gasteiger partial charge in [0.1, 0.15) is 0 Å². The van der Waals surface area contributed by atoms with E-state index in [-0.39, 0.29) is 11.4 Å². The van der Waals surface area contributed by atoms with Crippen molar-refractivity contribution in [1.82, 2.24) is 4.72 Å². The van der Waals surface area contributed by atoms with E-state index in [0.717, 1.165) is 5.75 Å². The van der Waals surface area contributed by atoms with Gasteiger partial charge in [-0.2, -0.15) is 11.8 Å². The van der Waals surface area contributed by atoms with Crippen molar-refractivity contribution in [2.24, 2.45) is 5.73 Å². The molecular formula is C12H16N2O2S2. The lowest BCUT2D eigenvalue weighted by Gasteiger charge is -2.07. The van der Waals surface area contributed by atoms with Crippen molar-refractivity contribution in [3.8, 4) is 11.8 Å². The van der Waals surface area contributed by atoms with Gasteiger partial charge in [-0.3, -0.25) is 0 Å². The summed E-state index contributed by atoms with van der Waals surface area (Å²) in [5.74, 6) is 6.17. The first-order chi connectivity index (χ1) is 8.61. The predicted octanol–water partition coefficient (Wildman–Crippen LogP) is 0.638. The number of nitrogens with two attached hydrogens (primary N) is 1. The number of nitrogens with one attached hydrogen (secondary N) is 1. The standard InChI is InChI=1S/C12H16N2O2S2/c1-17-10-9-14-18(15,16)12-7-3-2-5-11(12)6-4-8-13/h2-3,5,7,14H,8-10,13H2,1H3. The fourth-order valence-electron chi connectivity index (χ4n) is 1.31. The topological polar surface area (TPSA) is 72.2 Å². The van der Waals surface area contributed by atoms with Crippen LogP contribution in [0.1, 0.15) is 5.56 Å². The zero-order valence-electron chi connectivity index (χ0n) is 10.1. The number of hydrogen-bond acceptors (Lipinski definition) is 4. The second-order valence-corrected chi connectivity index (χ2v) is 6.11. The van der Waals surface area contributed by atoms with Gasteiger partial charge in [-0.15, -0.1) is 0 Å². The number of rotatable bonds is 5. The van der Waals surface area contributed by atoms with Gasteiger partial charge in [-0.05, 0) is 18.4 Å². The van der Waals surface area contributed by atoms with Crippen molar-refractivity contribution >= 4 is 21.8 Å². The molecule has 4 nitrogen and oxygen atoms in total. The Hall–Kier alpha value is -1.00. The van der Waals surface area contributed by atoms with E-state index < -0.39 is 10.0 Å². The fraction of sp³-hybridized carbons (Fsp3) is 0.333. The van der Waals surface area contributed by atoms with Gasteiger partial charge in [0.15, 0.2) is 0 Å². The lowest BCUT2D eigenvalue weighted by atomic mass is 10.2. The van der Waals surface area contributed by atoms with Crippen LogP contribution in [0, 0.1) is 11.8 Å². The van der Waals surface area contributed by atoms with Crippen molar-refractivity contribution in [3.05, 3.63) is 29.8 Å². The average Bonchev–Trinajstić information content (AvgIpc) is 2.37. The third-order valence-corrected chi connectivity index (χ3v) is 4.23. The van der Waals surface area contributed by atoms with Crippen LogP contribution in [0.2, 0.25) is 0 Å². The molecule has 1 aromatic carbocycles. The molecule has 0 unspecified atom stereocenters. The van der Waals surface area contributed by atoms with Crippen molar-refractivity contribution < 1.29 is 8.42 Å². The second-order valence-electron chi connectivity index (χ2n) is 3.39. The zero-order chi connectivity index (χ0) is 13.4. The fourth-order valence-corrected chi connectivity index (χ4v) is 2.93. The molecule has 0 bridgehead atoms. The molecule has 1 rings (SSSR count). The highest BCUT2D eigenvalue weighted by molar-refractivity contribution is 7.98. The predicted molar refractivity (Wildman–Crippen MR) is 75.9 cm³/mol. The largest absolute Gasteiger partial charge is 0.320 e. The molecule has 0 atom stereocenters. The molecule has 0 aliphatic heterocycles. The molecule has 0 radical (unpaired) electrons. The van der Waals surface area contributed by atoms with Crippen LogP contribution in [0.25, 0.3) is 0 Å². The van der Waals surface area contributed by atoms with E-state index in [1.807, 2.05) is 6.26 Å². The van der Waals surface area contributed by atoms with Crippen LogP contribution in [0.3, 0.4) is 0 Å². The van der Waals surface area contributed by atoms with Crippen molar-refractivity contribution in [1.29, 1.82) is 0 Å². The molecule has 0 spiro atoms. The van der Waals surface area contributed by atoms with Crippen molar-refractivity contribution in [3.63, 3.8) is 0 Å². The number of hydrogen-bond donors (Lipinski definition) is 2. The van der Waals surface area contributed by atoms with Crippen LogP contribution in [0.5, 0.6) is 0 Å². The van der Waals surface area contributed by atoms with E-state index in [2.05, 4.69) is 16.6 Å².